The molecule has 0 unspecified atom stereocenters. The third-order valence-corrected chi connectivity index (χ3v) is 5.60. The Bertz CT molecular complexity index is 621. The number of nitrogens with zero attached hydrogens (tertiary/aromatic N) is 1. The van der Waals surface area contributed by atoms with E-state index in [2.05, 4.69) is 5.32 Å². The molecule has 3 nitrogen and oxygen atoms in total. The summed E-state index contributed by atoms with van der Waals surface area (Å²) in [6, 6.07) is 5.46. The van der Waals surface area contributed by atoms with Crippen LogP contribution < -0.4 is 5.32 Å². The van der Waals surface area contributed by atoms with Crippen LogP contribution in [0.1, 0.15) is 30.4 Å². The van der Waals surface area contributed by atoms with Crippen molar-refractivity contribution in [1.82, 2.24) is 0 Å². The van der Waals surface area contributed by atoms with Crippen molar-refractivity contribution in [3.8, 4) is 6.07 Å². The van der Waals surface area contributed by atoms with Crippen molar-refractivity contribution in [3.63, 3.8) is 0 Å². The van der Waals surface area contributed by atoms with Crippen LogP contribution in [0.25, 0.3) is 0 Å². The predicted molar refractivity (Wildman–Crippen MR) is 83.4 cm³/mol. The summed E-state index contributed by atoms with van der Waals surface area (Å²) in [5.74, 6) is 2.06. The van der Waals surface area contributed by atoms with Crippen LogP contribution in [0.4, 0.5) is 18.9 Å². The Morgan fingerprint density at radius 2 is 2.22 bits per heavy atom. The smallest absolute Gasteiger partial charge is 0.382 e. The number of thioether (sulfide) groups is 1. The Morgan fingerprint density at radius 3 is 2.87 bits per heavy atom. The highest BCUT2D eigenvalue weighted by atomic mass is 32.2. The lowest BCUT2D eigenvalue weighted by molar-refractivity contribution is -0.137. The molecule has 0 bridgehead atoms. The zero-order valence-electron chi connectivity index (χ0n) is 12.4. The number of halogens is 3. The molecule has 124 valence electrons. The van der Waals surface area contributed by atoms with Crippen molar-refractivity contribution in [2.75, 3.05) is 23.4 Å². The summed E-state index contributed by atoms with van der Waals surface area (Å²) in [6.45, 7) is 0.657. The third kappa shape index (κ3) is 3.59. The zero-order chi connectivity index (χ0) is 16.5. The Balaban J connectivity index is 1.74. The van der Waals surface area contributed by atoms with Crippen LogP contribution >= 0.6 is 11.8 Å². The van der Waals surface area contributed by atoms with Gasteiger partial charge in [-0.15, -0.1) is 0 Å². The van der Waals surface area contributed by atoms with Gasteiger partial charge in [0.2, 0.25) is 0 Å². The number of benzene rings is 1. The van der Waals surface area contributed by atoms with Gasteiger partial charge in [0.25, 0.3) is 0 Å². The molecule has 0 aliphatic carbocycles. The first kappa shape index (κ1) is 16.5. The summed E-state index contributed by atoms with van der Waals surface area (Å²) in [4.78, 5) is 0. The van der Waals surface area contributed by atoms with Crippen LogP contribution in [0.5, 0.6) is 0 Å². The number of nitrogens with one attached hydrogen (secondary N) is 1. The van der Waals surface area contributed by atoms with Crippen LogP contribution in [-0.2, 0) is 10.9 Å². The summed E-state index contributed by atoms with van der Waals surface area (Å²) in [5, 5.41) is 12.3. The van der Waals surface area contributed by atoms with Crippen molar-refractivity contribution in [3.05, 3.63) is 29.3 Å². The van der Waals surface area contributed by atoms with E-state index in [4.69, 9.17) is 10.00 Å². The van der Waals surface area contributed by atoms with E-state index in [-0.39, 0.29) is 17.2 Å². The molecule has 3 rings (SSSR count). The first-order valence-corrected chi connectivity index (χ1v) is 8.67. The highest BCUT2D eigenvalue weighted by Gasteiger charge is 2.40. The van der Waals surface area contributed by atoms with Crippen LogP contribution in [0.2, 0.25) is 0 Å². The average Bonchev–Trinajstić information content (AvgIpc) is 2.93. The zero-order valence-corrected chi connectivity index (χ0v) is 13.3. The van der Waals surface area contributed by atoms with Gasteiger partial charge >= 0.3 is 6.18 Å². The molecule has 0 aromatic heterocycles. The highest BCUT2D eigenvalue weighted by Crippen LogP contribution is 2.39. The second-order valence-electron chi connectivity index (χ2n) is 6.04. The molecule has 1 N–H and O–H groups in total. The maximum Gasteiger partial charge on any atom is 0.417 e. The van der Waals surface area contributed by atoms with Gasteiger partial charge in [0, 0.05) is 24.1 Å². The highest BCUT2D eigenvalue weighted by molar-refractivity contribution is 7.99. The molecule has 2 aliphatic rings. The molecule has 7 heteroatoms. The number of alkyl halides is 3. The lowest BCUT2D eigenvalue weighted by Gasteiger charge is -2.38. The average molecular weight is 342 g/mol. The number of ether oxygens (including phenoxy) is 1. The van der Waals surface area contributed by atoms with Crippen LogP contribution in [0, 0.1) is 11.3 Å². The van der Waals surface area contributed by atoms with E-state index in [0.717, 1.165) is 36.8 Å². The van der Waals surface area contributed by atoms with Gasteiger partial charge in [-0.3, -0.25) is 0 Å². The Labute approximate surface area is 137 Å². The second kappa shape index (κ2) is 6.25. The summed E-state index contributed by atoms with van der Waals surface area (Å²) in [7, 11) is 0. The normalized spacial score (nSPS) is 27.8. The number of hydrogen-bond acceptors (Lipinski definition) is 4. The van der Waals surface area contributed by atoms with Gasteiger partial charge in [-0.25, -0.2) is 0 Å². The van der Waals surface area contributed by atoms with Crippen molar-refractivity contribution in [2.24, 2.45) is 0 Å². The van der Waals surface area contributed by atoms with E-state index in [1.807, 2.05) is 11.8 Å². The molecule has 1 spiro atoms. The Kier molecular flexibility index (Phi) is 4.47. The molecule has 0 radical (unpaired) electrons. The van der Waals surface area contributed by atoms with Crippen LogP contribution in [-0.4, -0.2) is 29.8 Å². The first-order valence-electron chi connectivity index (χ1n) is 7.51. The molecule has 2 heterocycles. The maximum absolute atomic E-state index is 12.8. The maximum atomic E-state index is 12.8. The topological polar surface area (TPSA) is 45.0 Å². The SMILES string of the molecule is N#Cc1cc(N[C@H]2CCO[C@@]3(CCSC3)C2)ccc1C(F)(F)F. The van der Waals surface area contributed by atoms with Gasteiger partial charge in [0.1, 0.15) is 0 Å². The summed E-state index contributed by atoms with van der Waals surface area (Å²) < 4.78 is 44.4. The summed E-state index contributed by atoms with van der Waals surface area (Å²) in [6.07, 6.45) is -1.82. The number of anilines is 1. The minimum absolute atomic E-state index is 0.0927. The Hall–Kier alpha value is -1.39. The molecule has 1 aromatic carbocycles. The van der Waals surface area contributed by atoms with E-state index in [1.165, 1.54) is 12.1 Å². The molecule has 2 atom stereocenters. The molecular weight excluding hydrogens is 325 g/mol. The summed E-state index contributed by atoms with van der Waals surface area (Å²) in [5.41, 5.74) is -0.769. The van der Waals surface area contributed by atoms with Crippen molar-refractivity contribution < 1.29 is 17.9 Å². The van der Waals surface area contributed by atoms with Gasteiger partial charge in [0.05, 0.1) is 22.8 Å². The number of hydrogen-bond donors (Lipinski definition) is 1. The third-order valence-electron chi connectivity index (χ3n) is 4.38. The summed E-state index contributed by atoms with van der Waals surface area (Å²) >= 11 is 1.88. The number of rotatable bonds is 2. The van der Waals surface area contributed by atoms with E-state index in [1.54, 1.807) is 6.07 Å². The molecule has 2 aliphatic heterocycles. The predicted octanol–water partition coefficient (Wildman–Crippen LogP) is 4.04. The van der Waals surface area contributed by atoms with Crippen LogP contribution in [0.15, 0.2) is 18.2 Å². The minimum Gasteiger partial charge on any atom is -0.382 e. The van der Waals surface area contributed by atoms with E-state index in [9.17, 15) is 13.2 Å². The molecule has 2 saturated heterocycles. The van der Waals surface area contributed by atoms with Crippen LogP contribution in [0.3, 0.4) is 0 Å². The minimum atomic E-state index is -4.51. The lowest BCUT2D eigenvalue weighted by atomic mass is 9.89. The van der Waals surface area contributed by atoms with Gasteiger partial charge in [0.15, 0.2) is 0 Å². The molecule has 23 heavy (non-hydrogen) atoms. The molecule has 0 amide bonds. The van der Waals surface area contributed by atoms with Gasteiger partial charge in [-0.2, -0.15) is 30.2 Å². The van der Waals surface area contributed by atoms with Gasteiger partial charge in [-0.1, -0.05) is 0 Å². The standard InChI is InChI=1S/C16H17F3N2OS/c17-16(18,19)14-2-1-12(7-11(14)9-20)21-13-3-5-22-15(8-13)4-6-23-10-15/h1-2,7,13,21H,3-6,8,10H2/t13-,15-/m0/s1. The van der Waals surface area contributed by atoms with Crippen molar-refractivity contribution in [2.45, 2.75) is 37.1 Å². The van der Waals surface area contributed by atoms with E-state index < -0.39 is 11.7 Å². The lowest BCUT2D eigenvalue weighted by Crippen LogP contribution is -2.44. The molecule has 0 saturated carbocycles. The van der Waals surface area contributed by atoms with Crippen molar-refractivity contribution >= 4 is 17.4 Å². The monoisotopic (exact) mass is 342 g/mol. The number of nitriles is 1. The largest absolute Gasteiger partial charge is 0.417 e. The van der Waals surface area contributed by atoms with E-state index >= 15 is 0 Å². The fourth-order valence-electron chi connectivity index (χ4n) is 3.22. The molecular formula is C16H17F3N2OS. The first-order chi connectivity index (χ1) is 10.9. The molecule has 2 fully saturated rings. The Morgan fingerprint density at radius 1 is 1.39 bits per heavy atom. The second-order valence-corrected chi connectivity index (χ2v) is 7.14. The van der Waals surface area contributed by atoms with Crippen molar-refractivity contribution in [1.29, 1.82) is 5.26 Å². The quantitative estimate of drug-likeness (QED) is 0.881. The van der Waals surface area contributed by atoms with Gasteiger partial charge in [-0.05, 0) is 43.2 Å². The fourth-order valence-corrected chi connectivity index (χ4v) is 4.60. The molecule has 1 aromatic rings. The van der Waals surface area contributed by atoms with Gasteiger partial charge < -0.3 is 10.1 Å². The fraction of sp³-hybridized carbons (Fsp3) is 0.562. The van der Waals surface area contributed by atoms with E-state index in [0.29, 0.717) is 12.3 Å².